The average molecular weight is 340 g/mol. The van der Waals surface area contributed by atoms with E-state index in [1.807, 2.05) is 30.3 Å². The van der Waals surface area contributed by atoms with E-state index in [0.717, 1.165) is 36.7 Å². The lowest BCUT2D eigenvalue weighted by atomic mass is 10.0. The number of piperidine rings is 1. The number of pyridine rings is 1. The minimum absolute atomic E-state index is 0.113. The molecule has 1 aromatic carbocycles. The molecular formula is C19H24N4O2. The van der Waals surface area contributed by atoms with Gasteiger partial charge in [0, 0.05) is 44.8 Å². The number of amides is 2. The Morgan fingerprint density at radius 3 is 2.64 bits per heavy atom. The molecule has 2 heterocycles. The fraction of sp³-hybridized carbons (Fsp3) is 0.421. The topological polar surface area (TPSA) is 65.5 Å². The van der Waals surface area contributed by atoms with Gasteiger partial charge < -0.3 is 10.2 Å². The van der Waals surface area contributed by atoms with Gasteiger partial charge in [-0.3, -0.25) is 19.5 Å². The molecule has 1 aliphatic rings. The molecule has 1 N–H and O–H groups in total. The van der Waals surface area contributed by atoms with E-state index in [1.54, 1.807) is 25.2 Å². The quantitative estimate of drug-likeness (QED) is 0.916. The molecule has 1 aliphatic heterocycles. The van der Waals surface area contributed by atoms with Gasteiger partial charge in [0.05, 0.1) is 6.54 Å². The second-order valence-electron chi connectivity index (χ2n) is 6.69. The second-order valence-corrected chi connectivity index (χ2v) is 6.69. The molecule has 1 fully saturated rings. The van der Waals surface area contributed by atoms with Crippen molar-refractivity contribution in [3.63, 3.8) is 0 Å². The summed E-state index contributed by atoms with van der Waals surface area (Å²) in [7, 11) is 3.54. The van der Waals surface area contributed by atoms with Gasteiger partial charge >= 0.3 is 0 Å². The molecule has 1 aromatic heterocycles. The molecule has 0 radical (unpaired) electrons. The molecule has 132 valence electrons. The molecule has 0 spiro atoms. The smallest absolute Gasteiger partial charge is 0.270 e. The zero-order valence-corrected chi connectivity index (χ0v) is 14.7. The van der Waals surface area contributed by atoms with Gasteiger partial charge in [0.25, 0.3) is 5.91 Å². The van der Waals surface area contributed by atoms with Gasteiger partial charge in [0.2, 0.25) is 5.91 Å². The molecular weight excluding hydrogens is 316 g/mol. The van der Waals surface area contributed by atoms with E-state index < -0.39 is 0 Å². The van der Waals surface area contributed by atoms with E-state index in [4.69, 9.17) is 0 Å². The lowest BCUT2D eigenvalue weighted by Gasteiger charge is -2.32. The van der Waals surface area contributed by atoms with Crippen LogP contribution in [0.15, 0.2) is 36.5 Å². The summed E-state index contributed by atoms with van der Waals surface area (Å²) in [4.78, 5) is 32.4. The minimum Gasteiger partial charge on any atom is -0.348 e. The van der Waals surface area contributed by atoms with Gasteiger partial charge in [-0.2, -0.15) is 0 Å². The maximum absolute atomic E-state index is 12.6. The zero-order chi connectivity index (χ0) is 17.8. The molecule has 0 saturated carbocycles. The first-order valence-electron chi connectivity index (χ1n) is 8.61. The van der Waals surface area contributed by atoms with Crippen LogP contribution in [0.2, 0.25) is 0 Å². The predicted molar refractivity (Wildman–Crippen MR) is 97.4 cm³/mol. The number of carbonyl (C=O) groups is 2. The standard InChI is InChI=1S/C19H24N4O2/c1-22(2)17(24)13-23-11-8-15(9-12-23)21-19(25)18-16-6-4-3-5-14(16)7-10-20-18/h3-7,10,15H,8-9,11-13H2,1-2H3,(H,21,25). The first-order chi connectivity index (χ1) is 12.0. The van der Waals surface area contributed by atoms with Crippen molar-refractivity contribution in [2.75, 3.05) is 33.7 Å². The lowest BCUT2D eigenvalue weighted by Crippen LogP contribution is -2.47. The van der Waals surface area contributed by atoms with Crippen LogP contribution >= 0.6 is 0 Å². The molecule has 2 aromatic rings. The summed E-state index contributed by atoms with van der Waals surface area (Å²) in [6, 6.07) is 9.81. The monoisotopic (exact) mass is 340 g/mol. The summed E-state index contributed by atoms with van der Waals surface area (Å²) in [5.74, 6) is -0.0120. The van der Waals surface area contributed by atoms with Crippen molar-refractivity contribution in [3.05, 3.63) is 42.2 Å². The molecule has 3 rings (SSSR count). The second kappa shape index (κ2) is 7.61. The molecule has 0 aliphatic carbocycles. The molecule has 25 heavy (non-hydrogen) atoms. The van der Waals surface area contributed by atoms with Crippen LogP contribution in [0.1, 0.15) is 23.3 Å². The van der Waals surface area contributed by atoms with Crippen molar-refractivity contribution in [3.8, 4) is 0 Å². The predicted octanol–water partition coefficient (Wildman–Crippen LogP) is 1.52. The number of likely N-dealkylation sites (N-methyl/N-ethyl adjacent to an activating group) is 1. The van der Waals surface area contributed by atoms with E-state index in [-0.39, 0.29) is 17.9 Å². The fourth-order valence-electron chi connectivity index (χ4n) is 3.12. The number of nitrogens with zero attached hydrogens (tertiary/aromatic N) is 3. The highest BCUT2D eigenvalue weighted by molar-refractivity contribution is 6.05. The largest absolute Gasteiger partial charge is 0.348 e. The van der Waals surface area contributed by atoms with E-state index in [9.17, 15) is 9.59 Å². The Morgan fingerprint density at radius 1 is 1.20 bits per heavy atom. The van der Waals surface area contributed by atoms with Crippen molar-refractivity contribution in [1.82, 2.24) is 20.1 Å². The number of nitrogens with one attached hydrogen (secondary N) is 1. The van der Waals surface area contributed by atoms with E-state index in [1.165, 1.54) is 0 Å². The van der Waals surface area contributed by atoms with Crippen LogP contribution < -0.4 is 5.32 Å². The number of carbonyl (C=O) groups excluding carboxylic acids is 2. The number of likely N-dealkylation sites (tertiary alicyclic amines) is 1. The van der Waals surface area contributed by atoms with Crippen LogP contribution in [0.5, 0.6) is 0 Å². The molecule has 0 atom stereocenters. The van der Waals surface area contributed by atoms with E-state index in [2.05, 4.69) is 15.2 Å². The number of fused-ring (bicyclic) bond motifs is 1. The maximum atomic E-state index is 12.6. The number of hydrogen-bond acceptors (Lipinski definition) is 4. The third-order valence-corrected chi connectivity index (χ3v) is 4.67. The van der Waals surface area contributed by atoms with E-state index >= 15 is 0 Å². The Balaban J connectivity index is 1.58. The number of hydrogen-bond donors (Lipinski definition) is 1. The SMILES string of the molecule is CN(C)C(=O)CN1CCC(NC(=O)c2nccc3ccccc23)CC1. The van der Waals surface area contributed by atoms with Gasteiger partial charge in [0.1, 0.15) is 5.69 Å². The number of rotatable bonds is 4. The van der Waals surface area contributed by atoms with Crippen LogP contribution in [0, 0.1) is 0 Å². The van der Waals surface area contributed by atoms with Gasteiger partial charge in [-0.05, 0) is 24.3 Å². The highest BCUT2D eigenvalue weighted by atomic mass is 16.2. The molecule has 0 bridgehead atoms. The zero-order valence-electron chi connectivity index (χ0n) is 14.7. The van der Waals surface area contributed by atoms with Crippen molar-refractivity contribution in [1.29, 1.82) is 0 Å². The highest BCUT2D eigenvalue weighted by Gasteiger charge is 2.23. The van der Waals surface area contributed by atoms with Gasteiger partial charge in [-0.25, -0.2) is 0 Å². The van der Waals surface area contributed by atoms with Crippen molar-refractivity contribution in [2.45, 2.75) is 18.9 Å². The van der Waals surface area contributed by atoms with Crippen LogP contribution in [0.25, 0.3) is 10.8 Å². The van der Waals surface area contributed by atoms with Crippen LogP contribution in [-0.2, 0) is 4.79 Å². The molecule has 2 amide bonds. The molecule has 6 heteroatoms. The summed E-state index contributed by atoms with van der Waals surface area (Å²) in [6.07, 6.45) is 3.36. The molecule has 0 unspecified atom stereocenters. The maximum Gasteiger partial charge on any atom is 0.270 e. The van der Waals surface area contributed by atoms with Gasteiger partial charge in [0.15, 0.2) is 0 Å². The first-order valence-corrected chi connectivity index (χ1v) is 8.61. The molecule has 1 saturated heterocycles. The Morgan fingerprint density at radius 2 is 1.92 bits per heavy atom. The summed E-state index contributed by atoms with van der Waals surface area (Å²) in [6.45, 7) is 2.07. The first kappa shape index (κ1) is 17.4. The Bertz CT molecular complexity index is 762. The van der Waals surface area contributed by atoms with E-state index in [0.29, 0.717) is 12.2 Å². The van der Waals surface area contributed by atoms with Crippen LogP contribution in [0.4, 0.5) is 0 Å². The van der Waals surface area contributed by atoms with Gasteiger partial charge in [-0.1, -0.05) is 24.3 Å². The summed E-state index contributed by atoms with van der Waals surface area (Å²) in [5.41, 5.74) is 0.475. The third-order valence-electron chi connectivity index (χ3n) is 4.67. The highest BCUT2D eigenvalue weighted by Crippen LogP contribution is 2.17. The summed E-state index contributed by atoms with van der Waals surface area (Å²) in [5, 5.41) is 4.99. The van der Waals surface area contributed by atoms with Crippen molar-refractivity contribution in [2.24, 2.45) is 0 Å². The van der Waals surface area contributed by atoms with Gasteiger partial charge in [-0.15, -0.1) is 0 Å². The fourth-order valence-corrected chi connectivity index (χ4v) is 3.12. The average Bonchev–Trinajstić information content (AvgIpc) is 2.62. The minimum atomic E-state index is -0.125. The normalized spacial score (nSPS) is 15.9. The number of aromatic nitrogens is 1. The summed E-state index contributed by atoms with van der Waals surface area (Å²) >= 11 is 0. The Kier molecular flexibility index (Phi) is 5.28. The van der Waals surface area contributed by atoms with Crippen molar-refractivity contribution < 1.29 is 9.59 Å². The van der Waals surface area contributed by atoms with Crippen molar-refractivity contribution >= 4 is 22.6 Å². The van der Waals surface area contributed by atoms with Crippen LogP contribution in [-0.4, -0.2) is 66.4 Å². The number of benzene rings is 1. The Labute approximate surface area is 147 Å². The lowest BCUT2D eigenvalue weighted by molar-refractivity contribution is -0.130. The summed E-state index contributed by atoms with van der Waals surface area (Å²) < 4.78 is 0. The Hall–Kier alpha value is -2.47. The third kappa shape index (κ3) is 4.14. The molecule has 6 nitrogen and oxygen atoms in total. The van der Waals surface area contributed by atoms with Crippen LogP contribution in [0.3, 0.4) is 0 Å².